The number of benzene rings is 2. The van der Waals surface area contributed by atoms with E-state index in [1.165, 1.54) is 0 Å². The molecule has 0 N–H and O–H groups in total. The van der Waals surface area contributed by atoms with E-state index in [9.17, 15) is 4.79 Å². The van der Waals surface area contributed by atoms with Gasteiger partial charge in [-0.3, -0.25) is 0 Å². The summed E-state index contributed by atoms with van der Waals surface area (Å²) in [6.07, 6.45) is 0. The number of esters is 1. The Morgan fingerprint density at radius 3 is 2.25 bits per heavy atom. The summed E-state index contributed by atoms with van der Waals surface area (Å²) in [5.74, 6) is 0.179. The predicted octanol–water partition coefficient (Wildman–Crippen LogP) is 6.10. The van der Waals surface area contributed by atoms with Gasteiger partial charge in [-0.05, 0) is 42.8 Å². The van der Waals surface area contributed by atoms with Crippen molar-refractivity contribution in [3.05, 3.63) is 70.4 Å². The van der Waals surface area contributed by atoms with Crippen LogP contribution in [0.3, 0.4) is 0 Å². The highest BCUT2D eigenvalue weighted by Gasteiger charge is 2.20. The molecule has 0 radical (unpaired) electrons. The Kier molecular flexibility index (Phi) is 4.93. The second kappa shape index (κ2) is 7.12. The Morgan fingerprint density at radius 2 is 1.62 bits per heavy atom. The van der Waals surface area contributed by atoms with Gasteiger partial charge in [-0.2, -0.15) is 0 Å². The van der Waals surface area contributed by atoms with Crippen molar-refractivity contribution in [3.8, 4) is 22.5 Å². The van der Waals surface area contributed by atoms with E-state index in [-0.39, 0.29) is 12.4 Å². The highest BCUT2D eigenvalue weighted by molar-refractivity contribution is 6.31. The number of furan rings is 1. The van der Waals surface area contributed by atoms with Crippen LogP contribution in [-0.4, -0.2) is 12.6 Å². The first kappa shape index (κ1) is 16.6. The van der Waals surface area contributed by atoms with Gasteiger partial charge >= 0.3 is 5.97 Å². The van der Waals surface area contributed by atoms with Crippen molar-refractivity contribution in [1.82, 2.24) is 0 Å². The van der Waals surface area contributed by atoms with Gasteiger partial charge in [0.15, 0.2) is 0 Å². The average Bonchev–Trinajstić information content (AvgIpc) is 3.00. The summed E-state index contributed by atoms with van der Waals surface area (Å²) in [5.41, 5.74) is 2.37. The molecule has 0 saturated carbocycles. The van der Waals surface area contributed by atoms with Crippen molar-refractivity contribution >= 4 is 29.2 Å². The third-order valence-electron chi connectivity index (χ3n) is 3.43. The van der Waals surface area contributed by atoms with E-state index < -0.39 is 5.97 Å². The normalized spacial score (nSPS) is 10.6. The van der Waals surface area contributed by atoms with E-state index in [0.717, 1.165) is 16.7 Å². The van der Waals surface area contributed by atoms with Crippen LogP contribution in [0, 0.1) is 0 Å². The Morgan fingerprint density at radius 1 is 1.00 bits per heavy atom. The molecule has 2 aromatic carbocycles. The second-order valence-electron chi connectivity index (χ2n) is 5.09. The number of halogens is 2. The molecule has 0 aliphatic heterocycles. The number of rotatable bonds is 4. The summed E-state index contributed by atoms with van der Waals surface area (Å²) < 4.78 is 10.8. The summed E-state index contributed by atoms with van der Waals surface area (Å²) in [4.78, 5) is 12.0. The first-order valence-electron chi connectivity index (χ1n) is 7.41. The molecule has 5 heteroatoms. The third-order valence-corrected chi connectivity index (χ3v) is 3.90. The summed E-state index contributed by atoms with van der Waals surface area (Å²) in [5, 5.41) is 1.18. The smallest absolute Gasteiger partial charge is 0.374 e. The molecule has 0 amide bonds. The van der Waals surface area contributed by atoms with Crippen molar-refractivity contribution < 1.29 is 13.9 Å². The van der Waals surface area contributed by atoms with Crippen LogP contribution in [0.15, 0.2) is 59.0 Å². The van der Waals surface area contributed by atoms with Gasteiger partial charge in [0.05, 0.1) is 6.61 Å². The van der Waals surface area contributed by atoms with Gasteiger partial charge in [-0.15, -0.1) is 0 Å². The number of carbonyl (C=O) groups excluding carboxylic acids is 1. The molecule has 3 rings (SSSR count). The fourth-order valence-corrected chi connectivity index (χ4v) is 2.79. The lowest BCUT2D eigenvalue weighted by molar-refractivity contribution is 0.0491. The maximum atomic E-state index is 12.0. The zero-order valence-corrected chi connectivity index (χ0v) is 14.4. The minimum absolute atomic E-state index is 0.141. The Labute approximate surface area is 149 Å². The lowest BCUT2D eigenvalue weighted by atomic mass is 10.0. The molecule has 3 nitrogen and oxygen atoms in total. The quantitative estimate of drug-likeness (QED) is 0.527. The maximum absolute atomic E-state index is 12.0. The standard InChI is InChI=1S/C19H14Cl2O3/c1-2-23-19(22)17-11-16(12-5-3-7-14(20)9-12)18(24-17)13-6-4-8-15(21)10-13/h3-11H,2H2,1H3. The summed E-state index contributed by atoms with van der Waals surface area (Å²) >= 11 is 12.2. The fraction of sp³-hybridized carbons (Fsp3) is 0.105. The minimum Gasteiger partial charge on any atom is -0.460 e. The van der Waals surface area contributed by atoms with E-state index >= 15 is 0 Å². The van der Waals surface area contributed by atoms with Crippen molar-refractivity contribution in [2.75, 3.05) is 6.61 Å². The topological polar surface area (TPSA) is 39.4 Å². The molecule has 1 aromatic heterocycles. The highest BCUT2D eigenvalue weighted by Crippen LogP contribution is 2.37. The molecule has 0 atom stereocenters. The van der Waals surface area contributed by atoms with Crippen LogP contribution in [-0.2, 0) is 4.74 Å². The van der Waals surface area contributed by atoms with Gasteiger partial charge in [0.1, 0.15) is 5.76 Å². The predicted molar refractivity (Wildman–Crippen MR) is 95.6 cm³/mol. The lowest BCUT2D eigenvalue weighted by Gasteiger charge is -2.04. The van der Waals surface area contributed by atoms with Crippen LogP contribution in [0.4, 0.5) is 0 Å². The Hall–Kier alpha value is -2.23. The molecule has 1 heterocycles. The zero-order chi connectivity index (χ0) is 17.1. The summed E-state index contributed by atoms with van der Waals surface area (Å²) in [7, 11) is 0. The van der Waals surface area contributed by atoms with E-state index in [0.29, 0.717) is 15.8 Å². The average molecular weight is 361 g/mol. The van der Waals surface area contributed by atoms with Gasteiger partial charge in [0, 0.05) is 21.2 Å². The third kappa shape index (κ3) is 3.48. The van der Waals surface area contributed by atoms with Crippen molar-refractivity contribution in [3.63, 3.8) is 0 Å². The molecule has 0 unspecified atom stereocenters. The fourth-order valence-electron chi connectivity index (χ4n) is 2.41. The molecule has 122 valence electrons. The SMILES string of the molecule is CCOC(=O)c1cc(-c2cccc(Cl)c2)c(-c2cccc(Cl)c2)o1. The summed E-state index contributed by atoms with van der Waals surface area (Å²) in [6, 6.07) is 16.3. The van der Waals surface area contributed by atoms with Gasteiger partial charge in [-0.1, -0.05) is 47.5 Å². The van der Waals surface area contributed by atoms with Gasteiger partial charge in [-0.25, -0.2) is 4.79 Å². The number of carbonyl (C=O) groups is 1. The molecule has 0 bridgehead atoms. The van der Waals surface area contributed by atoms with Crippen LogP contribution in [0.2, 0.25) is 10.0 Å². The zero-order valence-electron chi connectivity index (χ0n) is 12.9. The molecular weight excluding hydrogens is 347 g/mol. The monoisotopic (exact) mass is 360 g/mol. The molecule has 3 aromatic rings. The van der Waals surface area contributed by atoms with Crippen LogP contribution in [0.25, 0.3) is 22.5 Å². The van der Waals surface area contributed by atoms with Gasteiger partial charge in [0.25, 0.3) is 0 Å². The molecular formula is C19H14Cl2O3. The maximum Gasteiger partial charge on any atom is 0.374 e. The number of ether oxygens (including phenoxy) is 1. The molecule has 0 aliphatic carbocycles. The second-order valence-corrected chi connectivity index (χ2v) is 5.97. The highest BCUT2D eigenvalue weighted by atomic mass is 35.5. The van der Waals surface area contributed by atoms with Crippen molar-refractivity contribution in [1.29, 1.82) is 0 Å². The molecule has 0 spiro atoms. The molecule has 24 heavy (non-hydrogen) atoms. The minimum atomic E-state index is -0.506. The van der Waals surface area contributed by atoms with Crippen LogP contribution < -0.4 is 0 Å². The Bertz CT molecular complexity index is 821. The van der Waals surface area contributed by atoms with Crippen LogP contribution >= 0.6 is 23.2 Å². The molecule has 0 fully saturated rings. The van der Waals surface area contributed by atoms with Crippen LogP contribution in [0.1, 0.15) is 17.5 Å². The largest absolute Gasteiger partial charge is 0.460 e. The van der Waals surface area contributed by atoms with Gasteiger partial charge in [0.2, 0.25) is 5.76 Å². The van der Waals surface area contributed by atoms with Gasteiger partial charge < -0.3 is 9.15 Å². The van der Waals surface area contributed by atoms with Crippen molar-refractivity contribution in [2.45, 2.75) is 6.92 Å². The van der Waals surface area contributed by atoms with Crippen molar-refractivity contribution in [2.24, 2.45) is 0 Å². The lowest BCUT2D eigenvalue weighted by Crippen LogP contribution is -2.02. The van der Waals surface area contributed by atoms with Crippen LogP contribution in [0.5, 0.6) is 0 Å². The van der Waals surface area contributed by atoms with E-state index in [4.69, 9.17) is 32.4 Å². The Balaban J connectivity index is 2.16. The number of hydrogen-bond donors (Lipinski definition) is 0. The first-order valence-corrected chi connectivity index (χ1v) is 8.17. The van der Waals surface area contributed by atoms with E-state index in [2.05, 4.69) is 0 Å². The summed E-state index contributed by atoms with van der Waals surface area (Å²) in [6.45, 7) is 2.02. The number of hydrogen-bond acceptors (Lipinski definition) is 3. The molecule has 0 aliphatic rings. The first-order chi connectivity index (χ1) is 11.6. The molecule has 0 saturated heterocycles. The van der Waals surface area contributed by atoms with E-state index in [1.807, 2.05) is 30.3 Å². The van der Waals surface area contributed by atoms with E-state index in [1.54, 1.807) is 31.2 Å².